The van der Waals surface area contributed by atoms with Gasteiger partial charge >= 0.3 is 6.18 Å². The first-order valence-corrected chi connectivity index (χ1v) is 4.83. The Kier molecular flexibility index (Phi) is 4.74. The molecule has 0 aromatic carbocycles. The lowest BCUT2D eigenvalue weighted by molar-refractivity contribution is -0.176. The first-order valence-electron chi connectivity index (χ1n) is 3.58. The van der Waals surface area contributed by atoms with Crippen LogP contribution in [-0.2, 0) is 0 Å². The molecular formula is C7H12F3I. The molecule has 68 valence electrons. The third-order valence-corrected chi connectivity index (χ3v) is 2.07. The van der Waals surface area contributed by atoms with Crippen molar-refractivity contribution < 1.29 is 13.2 Å². The van der Waals surface area contributed by atoms with Gasteiger partial charge in [-0.05, 0) is 12.8 Å². The zero-order valence-electron chi connectivity index (χ0n) is 6.58. The van der Waals surface area contributed by atoms with E-state index in [1.165, 1.54) is 0 Å². The summed E-state index contributed by atoms with van der Waals surface area (Å²) in [6.07, 6.45) is -3.58. The molecule has 0 spiro atoms. The third kappa shape index (κ3) is 4.87. The predicted molar refractivity (Wildman–Crippen MR) is 47.9 cm³/mol. The van der Waals surface area contributed by atoms with Crippen molar-refractivity contribution in [3.63, 3.8) is 0 Å². The third-order valence-electron chi connectivity index (χ3n) is 1.57. The van der Waals surface area contributed by atoms with Crippen molar-refractivity contribution >= 4 is 22.6 Å². The van der Waals surface area contributed by atoms with E-state index in [0.717, 1.165) is 0 Å². The van der Waals surface area contributed by atoms with Gasteiger partial charge in [-0.3, -0.25) is 0 Å². The summed E-state index contributed by atoms with van der Waals surface area (Å²) in [6.45, 7) is 3.38. The molecule has 0 aromatic rings. The Morgan fingerprint density at radius 2 is 1.82 bits per heavy atom. The number of halogens is 4. The predicted octanol–water partition coefficient (Wildman–Crippen LogP) is 3.79. The van der Waals surface area contributed by atoms with Gasteiger partial charge < -0.3 is 0 Å². The van der Waals surface area contributed by atoms with Gasteiger partial charge in [0.05, 0.1) is 5.92 Å². The van der Waals surface area contributed by atoms with E-state index in [-0.39, 0.29) is 16.8 Å². The molecule has 0 aliphatic rings. The van der Waals surface area contributed by atoms with Crippen molar-refractivity contribution in [3.8, 4) is 0 Å². The molecule has 2 atom stereocenters. The lowest BCUT2D eigenvalue weighted by atomic mass is 10.0. The Labute approximate surface area is 78.7 Å². The van der Waals surface area contributed by atoms with E-state index in [4.69, 9.17) is 0 Å². The quantitative estimate of drug-likeness (QED) is 0.545. The topological polar surface area (TPSA) is 0 Å². The molecule has 0 aromatic heterocycles. The monoisotopic (exact) mass is 280 g/mol. The SMILES string of the molecule is CCC(CC(C)I)C(F)(F)F. The number of rotatable bonds is 3. The molecule has 0 nitrogen and oxygen atoms in total. The van der Waals surface area contributed by atoms with Gasteiger partial charge in [0.1, 0.15) is 0 Å². The van der Waals surface area contributed by atoms with Crippen molar-refractivity contribution in [1.29, 1.82) is 0 Å². The fourth-order valence-corrected chi connectivity index (χ4v) is 1.54. The molecule has 2 unspecified atom stereocenters. The van der Waals surface area contributed by atoms with Crippen LogP contribution < -0.4 is 0 Å². The van der Waals surface area contributed by atoms with Crippen LogP contribution in [0.15, 0.2) is 0 Å². The average molecular weight is 280 g/mol. The lowest BCUT2D eigenvalue weighted by Crippen LogP contribution is -2.24. The van der Waals surface area contributed by atoms with E-state index in [1.807, 2.05) is 22.6 Å². The number of alkyl halides is 4. The van der Waals surface area contributed by atoms with Crippen LogP contribution in [0.3, 0.4) is 0 Å². The maximum atomic E-state index is 12.1. The molecule has 0 rings (SSSR count). The van der Waals surface area contributed by atoms with E-state index in [2.05, 4.69) is 0 Å². The van der Waals surface area contributed by atoms with E-state index in [0.29, 0.717) is 0 Å². The summed E-state index contributed by atoms with van der Waals surface area (Å²) in [5.41, 5.74) is 0. The van der Waals surface area contributed by atoms with Crippen LogP contribution in [0.1, 0.15) is 26.7 Å². The van der Waals surface area contributed by atoms with Gasteiger partial charge in [-0.1, -0.05) is 36.4 Å². The highest BCUT2D eigenvalue weighted by Crippen LogP contribution is 2.33. The highest BCUT2D eigenvalue weighted by molar-refractivity contribution is 14.1. The normalized spacial score (nSPS) is 18.0. The minimum absolute atomic E-state index is 0.0965. The Hall–Kier alpha value is 0.520. The van der Waals surface area contributed by atoms with E-state index >= 15 is 0 Å². The maximum absolute atomic E-state index is 12.1. The second kappa shape index (κ2) is 4.52. The second-order valence-electron chi connectivity index (χ2n) is 2.66. The van der Waals surface area contributed by atoms with Crippen LogP contribution in [0.2, 0.25) is 0 Å². The molecule has 11 heavy (non-hydrogen) atoms. The van der Waals surface area contributed by atoms with E-state index in [9.17, 15) is 13.2 Å². The minimum Gasteiger partial charge on any atom is -0.171 e. The Morgan fingerprint density at radius 1 is 1.36 bits per heavy atom. The van der Waals surface area contributed by atoms with E-state index in [1.54, 1.807) is 13.8 Å². The molecule has 0 heterocycles. The van der Waals surface area contributed by atoms with Gasteiger partial charge in [-0.25, -0.2) is 0 Å². The molecule has 0 aliphatic heterocycles. The van der Waals surface area contributed by atoms with E-state index < -0.39 is 12.1 Å². The fraction of sp³-hybridized carbons (Fsp3) is 1.00. The average Bonchev–Trinajstić information content (AvgIpc) is 1.79. The second-order valence-corrected chi connectivity index (χ2v) is 4.79. The molecule has 0 N–H and O–H groups in total. The molecule has 0 fully saturated rings. The summed E-state index contributed by atoms with van der Waals surface area (Å²) in [5.74, 6) is -1.12. The Morgan fingerprint density at radius 3 is 1.91 bits per heavy atom. The molecule has 4 heteroatoms. The first kappa shape index (κ1) is 11.5. The summed E-state index contributed by atoms with van der Waals surface area (Å²) in [7, 11) is 0. The van der Waals surface area contributed by atoms with Gasteiger partial charge in [0.2, 0.25) is 0 Å². The lowest BCUT2D eigenvalue weighted by Gasteiger charge is -2.19. The summed E-state index contributed by atoms with van der Waals surface area (Å²) < 4.78 is 36.3. The van der Waals surface area contributed by atoms with Crippen molar-refractivity contribution in [2.24, 2.45) is 5.92 Å². The van der Waals surface area contributed by atoms with Crippen LogP contribution in [0.25, 0.3) is 0 Å². The minimum atomic E-state index is -4.01. The van der Waals surface area contributed by atoms with Crippen molar-refractivity contribution in [1.82, 2.24) is 0 Å². The van der Waals surface area contributed by atoms with Crippen molar-refractivity contribution in [2.45, 2.75) is 36.8 Å². The fourth-order valence-electron chi connectivity index (χ4n) is 0.924. The van der Waals surface area contributed by atoms with Crippen LogP contribution in [-0.4, -0.2) is 10.1 Å². The molecule has 0 saturated carbocycles. The summed E-state index contributed by atoms with van der Waals surface area (Å²) in [6, 6.07) is 0. The van der Waals surface area contributed by atoms with Crippen LogP contribution in [0.4, 0.5) is 13.2 Å². The smallest absolute Gasteiger partial charge is 0.171 e. The summed E-state index contributed by atoms with van der Waals surface area (Å²) in [5, 5.41) is 0. The Bertz CT molecular complexity index is 109. The van der Waals surface area contributed by atoms with Crippen molar-refractivity contribution in [3.05, 3.63) is 0 Å². The van der Waals surface area contributed by atoms with Gasteiger partial charge in [0.25, 0.3) is 0 Å². The van der Waals surface area contributed by atoms with Gasteiger partial charge in [-0.15, -0.1) is 0 Å². The zero-order chi connectivity index (χ0) is 9.07. The summed E-state index contributed by atoms with van der Waals surface area (Å²) >= 11 is 2.02. The number of hydrogen-bond donors (Lipinski definition) is 0. The molecule has 0 aliphatic carbocycles. The highest BCUT2D eigenvalue weighted by atomic mass is 127. The zero-order valence-corrected chi connectivity index (χ0v) is 8.74. The first-order chi connectivity index (χ1) is 4.88. The largest absolute Gasteiger partial charge is 0.391 e. The van der Waals surface area contributed by atoms with Gasteiger partial charge in [0, 0.05) is 3.92 Å². The van der Waals surface area contributed by atoms with Crippen molar-refractivity contribution in [2.75, 3.05) is 0 Å². The van der Waals surface area contributed by atoms with Crippen LogP contribution >= 0.6 is 22.6 Å². The molecule has 0 radical (unpaired) electrons. The summed E-state index contributed by atoms with van der Waals surface area (Å²) in [4.78, 5) is 0. The molecular weight excluding hydrogens is 268 g/mol. The molecule has 0 bridgehead atoms. The number of hydrogen-bond acceptors (Lipinski definition) is 0. The van der Waals surface area contributed by atoms with Crippen LogP contribution in [0.5, 0.6) is 0 Å². The van der Waals surface area contributed by atoms with Gasteiger partial charge in [-0.2, -0.15) is 13.2 Å². The molecule has 0 saturated heterocycles. The maximum Gasteiger partial charge on any atom is 0.391 e. The van der Waals surface area contributed by atoms with Gasteiger partial charge in [0.15, 0.2) is 0 Å². The molecule has 0 amide bonds. The Balaban J connectivity index is 3.96. The van der Waals surface area contributed by atoms with Crippen LogP contribution in [0, 0.1) is 5.92 Å². The highest BCUT2D eigenvalue weighted by Gasteiger charge is 2.38. The standard InChI is InChI=1S/C7H12F3I/c1-3-6(4-5(2)11)7(8,9)10/h5-6H,3-4H2,1-2H3.